The van der Waals surface area contributed by atoms with E-state index in [0.717, 1.165) is 51.5 Å². The van der Waals surface area contributed by atoms with Crippen LogP contribution in [0.15, 0.2) is 35.3 Å². The summed E-state index contributed by atoms with van der Waals surface area (Å²) in [6.45, 7) is 5.59. The highest BCUT2D eigenvalue weighted by Gasteiger charge is 1.97. The monoisotopic (exact) mass is 419 g/mol. The van der Waals surface area contributed by atoms with Gasteiger partial charge in [-0.15, -0.1) is 24.0 Å². The lowest BCUT2D eigenvalue weighted by Crippen LogP contribution is -2.38. The predicted molar refractivity (Wildman–Crippen MR) is 105 cm³/mol. The van der Waals surface area contributed by atoms with Gasteiger partial charge < -0.3 is 15.4 Å². The molecule has 0 aromatic heterocycles. The number of nitrogens with one attached hydrogen (secondary N) is 2. The van der Waals surface area contributed by atoms with Crippen LogP contribution in [0.4, 0.5) is 0 Å². The summed E-state index contributed by atoms with van der Waals surface area (Å²) in [6.07, 6.45) is 4.41. The van der Waals surface area contributed by atoms with Crippen molar-refractivity contribution in [2.45, 2.75) is 32.6 Å². The minimum atomic E-state index is 0. The van der Waals surface area contributed by atoms with Gasteiger partial charge in [0.05, 0.1) is 0 Å². The first-order valence-electron chi connectivity index (χ1n) is 7.92. The Balaban J connectivity index is 0.00000441. The van der Waals surface area contributed by atoms with Gasteiger partial charge in [0.25, 0.3) is 0 Å². The van der Waals surface area contributed by atoms with E-state index in [2.05, 4.69) is 46.8 Å². The molecule has 1 aromatic rings. The molecule has 2 N–H and O–H groups in total. The molecule has 0 bridgehead atoms. The van der Waals surface area contributed by atoms with Gasteiger partial charge in [-0.3, -0.25) is 4.99 Å². The topological polar surface area (TPSA) is 45.7 Å². The summed E-state index contributed by atoms with van der Waals surface area (Å²) in [5.41, 5.74) is 1.35. The van der Waals surface area contributed by atoms with Crippen LogP contribution >= 0.6 is 24.0 Å². The van der Waals surface area contributed by atoms with Crippen LogP contribution in [0.3, 0.4) is 0 Å². The van der Waals surface area contributed by atoms with E-state index in [0.29, 0.717) is 0 Å². The van der Waals surface area contributed by atoms with Gasteiger partial charge in [0.1, 0.15) is 0 Å². The standard InChI is InChI=1S/C17H29N3O.HI/c1-3-18-17(19-13-8-5-9-15-21-2)20-14-12-16-10-6-4-7-11-16;/h4,6-7,10-11H,3,5,8-9,12-15H2,1-2H3,(H2,18,19,20);1H. The van der Waals surface area contributed by atoms with Crippen LogP contribution in [-0.4, -0.2) is 39.3 Å². The van der Waals surface area contributed by atoms with Gasteiger partial charge in [-0.1, -0.05) is 30.3 Å². The smallest absolute Gasteiger partial charge is 0.191 e. The quantitative estimate of drug-likeness (QED) is 0.265. The van der Waals surface area contributed by atoms with Crippen molar-refractivity contribution in [2.75, 3.05) is 33.4 Å². The first-order valence-corrected chi connectivity index (χ1v) is 7.92. The number of ether oxygens (including phenoxy) is 1. The van der Waals surface area contributed by atoms with E-state index in [4.69, 9.17) is 4.74 Å². The lowest BCUT2D eigenvalue weighted by Gasteiger charge is -2.11. The Kier molecular flexibility index (Phi) is 14.5. The van der Waals surface area contributed by atoms with Gasteiger partial charge in [-0.25, -0.2) is 0 Å². The number of hydrogen-bond donors (Lipinski definition) is 2. The first-order chi connectivity index (χ1) is 10.4. The Labute approximate surface area is 152 Å². The van der Waals surface area contributed by atoms with Gasteiger partial charge in [0.2, 0.25) is 0 Å². The molecule has 0 aliphatic carbocycles. The average molecular weight is 419 g/mol. The number of unbranched alkanes of at least 4 members (excludes halogenated alkanes) is 2. The summed E-state index contributed by atoms with van der Waals surface area (Å²) in [5, 5.41) is 6.67. The maximum absolute atomic E-state index is 5.04. The van der Waals surface area contributed by atoms with Crippen molar-refractivity contribution in [1.82, 2.24) is 10.6 Å². The minimum absolute atomic E-state index is 0. The zero-order valence-corrected chi connectivity index (χ0v) is 16.1. The van der Waals surface area contributed by atoms with Gasteiger partial charge in [0, 0.05) is 33.4 Å². The third kappa shape index (κ3) is 10.8. The van der Waals surface area contributed by atoms with Crippen molar-refractivity contribution in [3.05, 3.63) is 35.9 Å². The molecule has 0 fully saturated rings. The molecule has 0 radical (unpaired) electrons. The SMILES string of the molecule is CCNC(=NCCCCCOC)NCCc1ccccc1.I. The maximum atomic E-state index is 5.04. The van der Waals surface area contributed by atoms with E-state index in [9.17, 15) is 0 Å². The summed E-state index contributed by atoms with van der Waals surface area (Å²) in [7, 11) is 1.75. The number of benzene rings is 1. The molecular weight excluding hydrogens is 389 g/mol. The van der Waals surface area contributed by atoms with Crippen LogP contribution in [0, 0.1) is 0 Å². The van der Waals surface area contributed by atoms with Crippen LogP contribution < -0.4 is 10.6 Å². The van der Waals surface area contributed by atoms with Crippen molar-refractivity contribution in [3.8, 4) is 0 Å². The normalized spacial score (nSPS) is 10.9. The first kappa shape index (κ1) is 21.2. The van der Waals surface area contributed by atoms with E-state index in [1.165, 1.54) is 12.0 Å². The van der Waals surface area contributed by atoms with E-state index in [1.54, 1.807) is 7.11 Å². The highest BCUT2D eigenvalue weighted by Crippen LogP contribution is 1.98. The largest absolute Gasteiger partial charge is 0.385 e. The van der Waals surface area contributed by atoms with Crippen molar-refractivity contribution < 1.29 is 4.74 Å². The zero-order valence-electron chi connectivity index (χ0n) is 13.8. The summed E-state index contributed by atoms with van der Waals surface area (Å²) in [6, 6.07) is 10.5. The van der Waals surface area contributed by atoms with Crippen molar-refractivity contribution in [2.24, 2.45) is 4.99 Å². The van der Waals surface area contributed by atoms with E-state index < -0.39 is 0 Å². The number of rotatable bonds is 10. The highest BCUT2D eigenvalue weighted by molar-refractivity contribution is 14.0. The van der Waals surface area contributed by atoms with Crippen molar-refractivity contribution >= 4 is 29.9 Å². The molecule has 0 aliphatic heterocycles. The molecule has 0 atom stereocenters. The number of nitrogens with zero attached hydrogens (tertiary/aromatic N) is 1. The molecular formula is C17H30IN3O. The molecule has 0 heterocycles. The van der Waals surface area contributed by atoms with Gasteiger partial charge in [0.15, 0.2) is 5.96 Å². The molecule has 0 saturated carbocycles. The zero-order chi connectivity index (χ0) is 15.2. The Hall–Kier alpha value is -0.820. The molecule has 1 rings (SSSR count). The van der Waals surface area contributed by atoms with Gasteiger partial charge in [-0.2, -0.15) is 0 Å². The Morgan fingerprint density at radius 3 is 2.55 bits per heavy atom. The lowest BCUT2D eigenvalue weighted by atomic mass is 10.1. The van der Waals surface area contributed by atoms with E-state index in [1.807, 2.05) is 6.07 Å². The Morgan fingerprint density at radius 1 is 1.09 bits per heavy atom. The summed E-state index contributed by atoms with van der Waals surface area (Å²) >= 11 is 0. The second-order valence-electron chi connectivity index (χ2n) is 4.98. The van der Waals surface area contributed by atoms with Crippen LogP contribution in [0.2, 0.25) is 0 Å². The molecule has 0 aliphatic rings. The Morgan fingerprint density at radius 2 is 1.86 bits per heavy atom. The third-order valence-electron chi connectivity index (χ3n) is 3.17. The molecule has 0 saturated heterocycles. The second kappa shape index (κ2) is 15.1. The van der Waals surface area contributed by atoms with Crippen molar-refractivity contribution in [3.63, 3.8) is 0 Å². The number of halogens is 1. The van der Waals surface area contributed by atoms with Gasteiger partial charge in [-0.05, 0) is 38.2 Å². The highest BCUT2D eigenvalue weighted by atomic mass is 127. The molecule has 0 spiro atoms. The number of methoxy groups -OCH3 is 1. The average Bonchev–Trinajstić information content (AvgIpc) is 2.51. The van der Waals surface area contributed by atoms with Crippen LogP contribution in [0.25, 0.3) is 0 Å². The molecule has 1 aromatic carbocycles. The third-order valence-corrected chi connectivity index (χ3v) is 3.17. The molecule has 4 nitrogen and oxygen atoms in total. The molecule has 5 heteroatoms. The molecule has 126 valence electrons. The fourth-order valence-electron chi connectivity index (χ4n) is 2.04. The number of aliphatic imine (C=N–C) groups is 1. The number of hydrogen-bond acceptors (Lipinski definition) is 2. The molecule has 22 heavy (non-hydrogen) atoms. The molecule has 0 unspecified atom stereocenters. The molecule has 0 amide bonds. The van der Waals surface area contributed by atoms with Crippen LogP contribution in [0.1, 0.15) is 31.7 Å². The van der Waals surface area contributed by atoms with Gasteiger partial charge >= 0.3 is 0 Å². The maximum Gasteiger partial charge on any atom is 0.191 e. The Bertz CT molecular complexity index is 385. The summed E-state index contributed by atoms with van der Waals surface area (Å²) in [4.78, 5) is 4.60. The fourth-order valence-corrected chi connectivity index (χ4v) is 2.04. The lowest BCUT2D eigenvalue weighted by molar-refractivity contribution is 0.192. The van der Waals surface area contributed by atoms with E-state index >= 15 is 0 Å². The summed E-state index contributed by atoms with van der Waals surface area (Å²) in [5.74, 6) is 0.917. The summed E-state index contributed by atoms with van der Waals surface area (Å²) < 4.78 is 5.04. The number of guanidine groups is 1. The second-order valence-corrected chi connectivity index (χ2v) is 4.98. The minimum Gasteiger partial charge on any atom is -0.385 e. The van der Waals surface area contributed by atoms with Crippen LogP contribution in [-0.2, 0) is 11.2 Å². The predicted octanol–water partition coefficient (Wildman–Crippen LogP) is 3.22. The van der Waals surface area contributed by atoms with E-state index in [-0.39, 0.29) is 24.0 Å². The van der Waals surface area contributed by atoms with Crippen molar-refractivity contribution in [1.29, 1.82) is 0 Å². The van der Waals surface area contributed by atoms with Crippen LogP contribution in [0.5, 0.6) is 0 Å². The fraction of sp³-hybridized carbons (Fsp3) is 0.588.